The lowest BCUT2D eigenvalue weighted by molar-refractivity contribution is -0.136. The lowest BCUT2D eigenvalue weighted by Crippen LogP contribution is -2.43. The average molecular weight is 302 g/mol. The van der Waals surface area contributed by atoms with Crippen LogP contribution in [-0.2, 0) is 16.1 Å². The van der Waals surface area contributed by atoms with Gasteiger partial charge in [0, 0.05) is 31.6 Å². The Morgan fingerprint density at radius 3 is 2.41 bits per heavy atom. The molecule has 1 aliphatic rings. The van der Waals surface area contributed by atoms with Crippen LogP contribution in [-0.4, -0.2) is 40.2 Å². The van der Waals surface area contributed by atoms with E-state index >= 15 is 0 Å². The summed E-state index contributed by atoms with van der Waals surface area (Å²) in [5, 5.41) is 0. The normalized spacial score (nSPS) is 18.6. The smallest absolute Gasteiger partial charge is 0.228 e. The first kappa shape index (κ1) is 16.5. The van der Waals surface area contributed by atoms with Crippen molar-refractivity contribution in [1.82, 2.24) is 9.80 Å². The second kappa shape index (κ2) is 6.51. The van der Waals surface area contributed by atoms with Gasteiger partial charge >= 0.3 is 0 Å². The second-order valence-corrected chi connectivity index (χ2v) is 6.91. The van der Waals surface area contributed by atoms with Gasteiger partial charge in [0.2, 0.25) is 11.8 Å². The minimum Gasteiger partial charge on any atom is -0.338 e. The Bertz CT molecular complexity index is 534. The predicted molar refractivity (Wildman–Crippen MR) is 87.1 cm³/mol. The van der Waals surface area contributed by atoms with Gasteiger partial charge in [-0.25, -0.2) is 0 Å². The van der Waals surface area contributed by atoms with Gasteiger partial charge in [0.05, 0.1) is 5.92 Å². The predicted octanol–water partition coefficient (Wildman–Crippen LogP) is 2.68. The summed E-state index contributed by atoms with van der Waals surface area (Å²) in [6.07, 6.45) is 0.335. The minimum atomic E-state index is -0.220. The summed E-state index contributed by atoms with van der Waals surface area (Å²) in [4.78, 5) is 28.6. The van der Waals surface area contributed by atoms with Gasteiger partial charge in [-0.15, -0.1) is 0 Å². The first-order chi connectivity index (χ1) is 10.3. The van der Waals surface area contributed by atoms with Crippen molar-refractivity contribution in [2.75, 3.05) is 13.1 Å². The lowest BCUT2D eigenvalue weighted by Gasteiger charge is -2.32. The molecule has 0 bridgehead atoms. The Hall–Kier alpha value is -1.84. The summed E-state index contributed by atoms with van der Waals surface area (Å²) in [5.41, 5.74) is 0.900. The zero-order valence-corrected chi connectivity index (χ0v) is 14.0. The SMILES string of the molecule is CCN(Cc1ccccc1)C(=O)[C@H]1CC(=O)N(C(C)(C)C)C1. The monoisotopic (exact) mass is 302 g/mol. The topological polar surface area (TPSA) is 40.6 Å². The summed E-state index contributed by atoms with van der Waals surface area (Å²) >= 11 is 0. The molecular weight excluding hydrogens is 276 g/mol. The molecule has 0 aliphatic carbocycles. The zero-order chi connectivity index (χ0) is 16.3. The van der Waals surface area contributed by atoms with E-state index in [0.717, 1.165) is 5.56 Å². The highest BCUT2D eigenvalue weighted by Gasteiger charge is 2.40. The van der Waals surface area contributed by atoms with Crippen molar-refractivity contribution in [3.05, 3.63) is 35.9 Å². The van der Waals surface area contributed by atoms with Crippen molar-refractivity contribution in [3.63, 3.8) is 0 Å². The highest BCUT2D eigenvalue weighted by Crippen LogP contribution is 2.27. The third-order valence-corrected chi connectivity index (χ3v) is 4.19. The molecule has 1 atom stereocenters. The van der Waals surface area contributed by atoms with Gasteiger partial charge < -0.3 is 9.80 Å². The Kier molecular flexibility index (Phi) is 4.89. The van der Waals surface area contributed by atoms with Gasteiger partial charge in [-0.05, 0) is 33.3 Å². The molecule has 1 heterocycles. The minimum absolute atomic E-state index is 0.0848. The number of likely N-dealkylation sites (tertiary alicyclic amines) is 1. The van der Waals surface area contributed by atoms with Crippen molar-refractivity contribution < 1.29 is 9.59 Å². The van der Waals surface area contributed by atoms with Crippen LogP contribution in [0.3, 0.4) is 0 Å². The van der Waals surface area contributed by atoms with Crippen molar-refractivity contribution in [1.29, 1.82) is 0 Å². The molecule has 1 aromatic rings. The van der Waals surface area contributed by atoms with Gasteiger partial charge in [-0.3, -0.25) is 9.59 Å². The number of carbonyl (C=O) groups is 2. The second-order valence-electron chi connectivity index (χ2n) is 6.91. The molecule has 1 aromatic carbocycles. The molecule has 0 spiro atoms. The summed E-state index contributed by atoms with van der Waals surface area (Å²) < 4.78 is 0. The van der Waals surface area contributed by atoms with Crippen molar-refractivity contribution in [3.8, 4) is 0 Å². The summed E-state index contributed by atoms with van der Waals surface area (Å²) in [6, 6.07) is 9.98. The fourth-order valence-electron chi connectivity index (χ4n) is 2.93. The zero-order valence-electron chi connectivity index (χ0n) is 14.0. The number of nitrogens with zero attached hydrogens (tertiary/aromatic N) is 2. The molecule has 2 amide bonds. The number of hydrogen-bond donors (Lipinski definition) is 0. The average Bonchev–Trinajstić information content (AvgIpc) is 2.87. The van der Waals surface area contributed by atoms with Gasteiger partial charge in [0.25, 0.3) is 0 Å². The molecule has 4 heteroatoms. The maximum atomic E-state index is 12.7. The quantitative estimate of drug-likeness (QED) is 0.858. The van der Waals surface area contributed by atoms with Crippen LogP contribution < -0.4 is 0 Å². The van der Waals surface area contributed by atoms with Crippen molar-refractivity contribution in [2.24, 2.45) is 5.92 Å². The van der Waals surface area contributed by atoms with Crippen LogP contribution in [0.15, 0.2) is 30.3 Å². The van der Waals surface area contributed by atoms with E-state index in [1.54, 1.807) is 0 Å². The molecule has 1 aliphatic heterocycles. The van der Waals surface area contributed by atoms with Crippen LogP contribution in [0.4, 0.5) is 0 Å². The lowest BCUT2D eigenvalue weighted by atomic mass is 10.1. The molecule has 0 aromatic heterocycles. The fraction of sp³-hybridized carbons (Fsp3) is 0.556. The Morgan fingerprint density at radius 2 is 1.91 bits per heavy atom. The van der Waals surface area contributed by atoms with Crippen LogP contribution >= 0.6 is 0 Å². The van der Waals surface area contributed by atoms with Crippen molar-refractivity contribution >= 4 is 11.8 Å². The molecule has 0 saturated carbocycles. The molecule has 4 nitrogen and oxygen atoms in total. The molecule has 0 radical (unpaired) electrons. The van der Waals surface area contributed by atoms with Gasteiger partial charge in [-0.2, -0.15) is 0 Å². The fourth-order valence-corrected chi connectivity index (χ4v) is 2.93. The van der Waals surface area contributed by atoms with Crippen molar-refractivity contribution in [2.45, 2.75) is 46.2 Å². The molecule has 0 N–H and O–H groups in total. The summed E-state index contributed by atoms with van der Waals surface area (Å²) in [5.74, 6) is -0.0385. The van der Waals surface area contributed by atoms with Crippen LogP contribution in [0.25, 0.3) is 0 Å². The van der Waals surface area contributed by atoms with E-state index in [9.17, 15) is 9.59 Å². The first-order valence-electron chi connectivity index (χ1n) is 7.96. The van der Waals surface area contributed by atoms with E-state index in [2.05, 4.69) is 0 Å². The Balaban J connectivity index is 2.05. The van der Waals surface area contributed by atoms with Crippen LogP contribution in [0, 0.1) is 5.92 Å². The molecule has 1 fully saturated rings. The van der Waals surface area contributed by atoms with Crippen LogP contribution in [0.1, 0.15) is 39.7 Å². The molecular formula is C18H26N2O2. The van der Waals surface area contributed by atoms with E-state index in [1.807, 2.05) is 67.8 Å². The molecule has 0 unspecified atom stereocenters. The number of hydrogen-bond acceptors (Lipinski definition) is 2. The number of rotatable bonds is 4. The number of carbonyl (C=O) groups excluding carboxylic acids is 2. The maximum Gasteiger partial charge on any atom is 0.228 e. The highest BCUT2D eigenvalue weighted by atomic mass is 16.2. The van der Waals surface area contributed by atoms with Gasteiger partial charge in [0.1, 0.15) is 0 Å². The van der Waals surface area contributed by atoms with E-state index in [0.29, 0.717) is 26.1 Å². The number of benzene rings is 1. The molecule has 2 rings (SSSR count). The highest BCUT2D eigenvalue weighted by molar-refractivity contribution is 5.89. The number of amides is 2. The van der Waals surface area contributed by atoms with E-state index < -0.39 is 0 Å². The molecule has 1 saturated heterocycles. The van der Waals surface area contributed by atoms with E-state index in [4.69, 9.17) is 0 Å². The third kappa shape index (κ3) is 3.67. The van der Waals surface area contributed by atoms with Crippen LogP contribution in [0.2, 0.25) is 0 Å². The van der Waals surface area contributed by atoms with Gasteiger partial charge in [-0.1, -0.05) is 30.3 Å². The third-order valence-electron chi connectivity index (χ3n) is 4.19. The summed E-state index contributed by atoms with van der Waals surface area (Å²) in [7, 11) is 0. The molecule has 22 heavy (non-hydrogen) atoms. The first-order valence-corrected chi connectivity index (χ1v) is 7.96. The van der Waals surface area contributed by atoms with E-state index in [1.165, 1.54) is 0 Å². The van der Waals surface area contributed by atoms with Gasteiger partial charge in [0.15, 0.2) is 0 Å². The Morgan fingerprint density at radius 1 is 1.27 bits per heavy atom. The van der Waals surface area contributed by atoms with Crippen LogP contribution in [0.5, 0.6) is 0 Å². The summed E-state index contributed by atoms with van der Waals surface area (Å²) in [6.45, 7) is 9.83. The standard InChI is InChI=1S/C18H26N2O2/c1-5-19(12-14-9-7-6-8-10-14)17(22)15-11-16(21)20(13-15)18(2,3)4/h6-10,15H,5,11-13H2,1-4H3/t15-/m0/s1. The molecule has 120 valence electrons. The van der Waals surface area contributed by atoms with E-state index in [-0.39, 0.29) is 23.3 Å². The largest absolute Gasteiger partial charge is 0.338 e. The maximum absolute atomic E-state index is 12.7. The Labute approximate surface area is 133 Å².